The molecule has 0 amide bonds. The molecule has 2 rings (SSSR count). The van der Waals surface area contributed by atoms with Crippen molar-refractivity contribution in [3.63, 3.8) is 0 Å². The van der Waals surface area contributed by atoms with E-state index in [2.05, 4.69) is 15.9 Å². The second kappa shape index (κ2) is 4.46. The quantitative estimate of drug-likeness (QED) is 0.736. The molecule has 0 aromatic heterocycles. The Kier molecular flexibility index (Phi) is 3.32. The minimum Gasteiger partial charge on any atom is -0.504 e. The summed E-state index contributed by atoms with van der Waals surface area (Å²) in [5, 5.41) is 19.4. The van der Waals surface area contributed by atoms with Crippen molar-refractivity contribution < 1.29 is 14.6 Å². The molecule has 1 saturated carbocycles. The summed E-state index contributed by atoms with van der Waals surface area (Å²) in [6.45, 7) is 0.379. The number of benzene rings is 1. The lowest BCUT2D eigenvalue weighted by molar-refractivity contribution is 0.354. The number of aromatic hydroxyl groups is 2. The normalized spacial score (nSPS) is 18.5. The van der Waals surface area contributed by atoms with Gasteiger partial charge in [-0.1, -0.05) is 28.8 Å². The highest BCUT2D eigenvalue weighted by Crippen LogP contribution is 2.50. The first-order valence-corrected chi connectivity index (χ1v) is 6.41. The number of hydrogen-bond donors (Lipinski definition) is 3. The van der Waals surface area contributed by atoms with E-state index < -0.39 is 11.6 Å². The molecule has 0 unspecified atom stereocenters. The van der Waals surface area contributed by atoms with Gasteiger partial charge < -0.3 is 15.9 Å². The predicted molar refractivity (Wildman–Crippen MR) is 66.6 cm³/mol. The van der Waals surface area contributed by atoms with Gasteiger partial charge in [-0.2, -0.15) is 0 Å². The third-order valence-electron chi connectivity index (χ3n) is 3.66. The molecule has 4 N–H and O–H groups in total. The highest BCUT2D eigenvalue weighted by atomic mass is 79.9. The summed E-state index contributed by atoms with van der Waals surface area (Å²) in [4.78, 5) is 0. The number of hydrogen-bond acceptors (Lipinski definition) is 3. The van der Waals surface area contributed by atoms with Crippen LogP contribution in [0.2, 0.25) is 0 Å². The van der Waals surface area contributed by atoms with Gasteiger partial charge in [0.2, 0.25) is 0 Å². The highest BCUT2D eigenvalue weighted by Gasteiger charge is 2.39. The maximum Gasteiger partial charge on any atom is 0.194 e. The predicted octanol–water partition coefficient (Wildman–Crippen LogP) is 2.77. The summed E-state index contributed by atoms with van der Waals surface area (Å²) in [5.74, 6) is -1.91. The Bertz CT molecular complexity index is 445. The fourth-order valence-electron chi connectivity index (χ4n) is 2.71. The molecule has 5 heteroatoms. The zero-order valence-electron chi connectivity index (χ0n) is 9.34. The van der Waals surface area contributed by atoms with Crippen molar-refractivity contribution in [3.8, 4) is 11.5 Å². The van der Waals surface area contributed by atoms with Crippen molar-refractivity contribution in [1.82, 2.24) is 0 Å². The van der Waals surface area contributed by atoms with E-state index in [1.54, 1.807) is 0 Å². The van der Waals surface area contributed by atoms with Crippen LogP contribution in [0.4, 0.5) is 4.39 Å². The number of phenols is 2. The molecular formula is C12H15BrFNO2. The lowest BCUT2D eigenvalue weighted by atomic mass is 9.78. The molecule has 1 aromatic carbocycles. The second-order valence-electron chi connectivity index (χ2n) is 4.60. The zero-order chi connectivity index (χ0) is 12.6. The van der Waals surface area contributed by atoms with Gasteiger partial charge in [-0.15, -0.1) is 0 Å². The number of rotatable bonds is 2. The van der Waals surface area contributed by atoms with Gasteiger partial charge in [0.15, 0.2) is 17.3 Å². The molecular weight excluding hydrogens is 289 g/mol. The summed E-state index contributed by atoms with van der Waals surface area (Å²) in [7, 11) is 0. The fraction of sp³-hybridized carbons (Fsp3) is 0.500. The SMILES string of the molecule is NCC1(c2c(Br)cc(F)c(O)c2O)CCCC1. The van der Waals surface area contributed by atoms with Gasteiger partial charge in [0.25, 0.3) is 0 Å². The van der Waals surface area contributed by atoms with E-state index >= 15 is 0 Å². The largest absolute Gasteiger partial charge is 0.504 e. The van der Waals surface area contributed by atoms with Crippen LogP contribution in [0.1, 0.15) is 31.2 Å². The Morgan fingerprint density at radius 1 is 1.29 bits per heavy atom. The van der Waals surface area contributed by atoms with Crippen LogP contribution in [0.5, 0.6) is 11.5 Å². The Morgan fingerprint density at radius 3 is 2.41 bits per heavy atom. The van der Waals surface area contributed by atoms with Crippen molar-refractivity contribution in [2.24, 2.45) is 5.73 Å². The van der Waals surface area contributed by atoms with E-state index in [-0.39, 0.29) is 11.2 Å². The van der Waals surface area contributed by atoms with E-state index in [0.29, 0.717) is 16.6 Å². The minimum atomic E-state index is -0.830. The molecule has 0 saturated heterocycles. The maximum absolute atomic E-state index is 13.3. The van der Waals surface area contributed by atoms with Crippen LogP contribution in [-0.4, -0.2) is 16.8 Å². The van der Waals surface area contributed by atoms with Gasteiger partial charge in [-0.3, -0.25) is 0 Å². The maximum atomic E-state index is 13.3. The molecule has 0 heterocycles. The van der Waals surface area contributed by atoms with Crippen molar-refractivity contribution in [2.75, 3.05) is 6.54 Å². The van der Waals surface area contributed by atoms with Crippen molar-refractivity contribution >= 4 is 15.9 Å². The lowest BCUT2D eigenvalue weighted by Crippen LogP contribution is -2.32. The molecule has 1 aliphatic rings. The van der Waals surface area contributed by atoms with Crippen molar-refractivity contribution in [1.29, 1.82) is 0 Å². The second-order valence-corrected chi connectivity index (χ2v) is 5.46. The van der Waals surface area contributed by atoms with Crippen LogP contribution in [0, 0.1) is 5.82 Å². The van der Waals surface area contributed by atoms with Crippen LogP contribution >= 0.6 is 15.9 Å². The number of nitrogens with two attached hydrogens (primary N) is 1. The van der Waals surface area contributed by atoms with Gasteiger partial charge in [0, 0.05) is 22.0 Å². The Balaban J connectivity index is 2.62. The highest BCUT2D eigenvalue weighted by molar-refractivity contribution is 9.10. The third kappa shape index (κ3) is 1.91. The van der Waals surface area contributed by atoms with E-state index in [0.717, 1.165) is 25.7 Å². The smallest absolute Gasteiger partial charge is 0.194 e. The first kappa shape index (κ1) is 12.6. The standard InChI is InChI=1S/C12H15BrFNO2/c13-7-5-8(14)10(16)11(17)9(7)12(6-15)3-1-2-4-12/h5,16-17H,1-4,6,15H2. The Hall–Kier alpha value is -0.810. The van der Waals surface area contributed by atoms with Gasteiger partial charge in [0.1, 0.15) is 0 Å². The molecule has 0 aliphatic heterocycles. The Labute approximate surface area is 108 Å². The molecule has 94 valence electrons. The minimum absolute atomic E-state index is 0.353. The van der Waals surface area contributed by atoms with Crippen LogP contribution in [0.15, 0.2) is 10.5 Å². The molecule has 0 radical (unpaired) electrons. The molecule has 3 nitrogen and oxygen atoms in total. The van der Waals surface area contributed by atoms with E-state index in [1.807, 2.05) is 0 Å². The molecule has 1 fully saturated rings. The molecule has 17 heavy (non-hydrogen) atoms. The van der Waals surface area contributed by atoms with Gasteiger partial charge >= 0.3 is 0 Å². The summed E-state index contributed by atoms with van der Waals surface area (Å²) < 4.78 is 13.7. The average molecular weight is 304 g/mol. The third-order valence-corrected chi connectivity index (χ3v) is 4.29. The summed E-state index contributed by atoms with van der Waals surface area (Å²) in [5.41, 5.74) is 6.00. The molecule has 0 bridgehead atoms. The van der Waals surface area contributed by atoms with Gasteiger partial charge in [-0.25, -0.2) is 4.39 Å². The fourth-order valence-corrected chi connectivity index (χ4v) is 3.52. The molecule has 1 aromatic rings. The van der Waals surface area contributed by atoms with Crippen LogP contribution in [0.25, 0.3) is 0 Å². The molecule has 0 atom stereocenters. The summed E-state index contributed by atoms with van der Waals surface area (Å²) in [6, 6.07) is 1.18. The lowest BCUT2D eigenvalue weighted by Gasteiger charge is -2.30. The van der Waals surface area contributed by atoms with Crippen LogP contribution < -0.4 is 5.73 Å². The van der Waals surface area contributed by atoms with E-state index in [1.165, 1.54) is 6.07 Å². The average Bonchev–Trinajstić information content (AvgIpc) is 2.76. The molecule has 0 spiro atoms. The first-order chi connectivity index (χ1) is 8.02. The van der Waals surface area contributed by atoms with Crippen molar-refractivity contribution in [2.45, 2.75) is 31.1 Å². The van der Waals surface area contributed by atoms with Crippen LogP contribution in [0.3, 0.4) is 0 Å². The Morgan fingerprint density at radius 2 is 1.88 bits per heavy atom. The van der Waals surface area contributed by atoms with Gasteiger partial charge in [0.05, 0.1) is 0 Å². The van der Waals surface area contributed by atoms with Gasteiger partial charge in [-0.05, 0) is 18.9 Å². The monoisotopic (exact) mass is 303 g/mol. The van der Waals surface area contributed by atoms with E-state index in [9.17, 15) is 14.6 Å². The zero-order valence-corrected chi connectivity index (χ0v) is 10.9. The first-order valence-electron chi connectivity index (χ1n) is 5.62. The van der Waals surface area contributed by atoms with Crippen molar-refractivity contribution in [3.05, 3.63) is 21.9 Å². The molecule has 1 aliphatic carbocycles. The van der Waals surface area contributed by atoms with Crippen LogP contribution in [-0.2, 0) is 5.41 Å². The van der Waals surface area contributed by atoms with E-state index in [4.69, 9.17) is 5.73 Å². The number of halogens is 2. The number of phenolic OH excluding ortho intramolecular Hbond substituents is 2. The topological polar surface area (TPSA) is 66.5 Å². The summed E-state index contributed by atoms with van der Waals surface area (Å²) in [6.07, 6.45) is 3.75. The summed E-state index contributed by atoms with van der Waals surface area (Å²) >= 11 is 3.25.